The molecule has 0 saturated carbocycles. The zero-order chi connectivity index (χ0) is 29.2. The number of hydrogen-bond donors (Lipinski definition) is 1. The van der Waals surface area contributed by atoms with Crippen molar-refractivity contribution < 1.29 is 36.3 Å². The number of anilines is 1. The lowest BCUT2D eigenvalue weighted by atomic mass is 9.88. The summed E-state index contributed by atoms with van der Waals surface area (Å²) in [5.74, 6) is -2.41. The minimum absolute atomic E-state index is 0.0838. The number of halogens is 5. The minimum Gasteiger partial charge on any atom is -0.497 e. The molecule has 4 rings (SSSR count). The third-order valence-corrected chi connectivity index (χ3v) is 6.94. The van der Waals surface area contributed by atoms with E-state index in [1.165, 1.54) is 19.1 Å². The van der Waals surface area contributed by atoms with Gasteiger partial charge in [-0.1, -0.05) is 6.92 Å². The number of ether oxygens (including phenoxy) is 1. The summed E-state index contributed by atoms with van der Waals surface area (Å²) in [6, 6.07) is 7.99. The van der Waals surface area contributed by atoms with Crippen LogP contribution in [0.25, 0.3) is 0 Å². The van der Waals surface area contributed by atoms with Gasteiger partial charge in [-0.15, -0.1) is 0 Å². The highest BCUT2D eigenvalue weighted by Crippen LogP contribution is 2.37. The van der Waals surface area contributed by atoms with E-state index in [0.717, 1.165) is 16.8 Å². The van der Waals surface area contributed by atoms with E-state index in [2.05, 4.69) is 10.4 Å². The monoisotopic (exact) mass is 564 g/mol. The Bertz CT molecular complexity index is 1370. The first-order valence-corrected chi connectivity index (χ1v) is 12.7. The number of fused-ring (bicyclic) bond motifs is 1. The van der Waals surface area contributed by atoms with Crippen LogP contribution in [-0.2, 0) is 41.6 Å². The number of nitrogens with zero attached hydrogens (tertiary/aromatic N) is 3. The van der Waals surface area contributed by atoms with E-state index in [1.54, 1.807) is 24.3 Å². The van der Waals surface area contributed by atoms with Crippen LogP contribution in [0.5, 0.6) is 5.75 Å². The molecule has 0 saturated heterocycles. The molecule has 2 aromatic carbocycles. The third-order valence-electron chi connectivity index (χ3n) is 6.94. The molecule has 40 heavy (non-hydrogen) atoms. The van der Waals surface area contributed by atoms with Crippen LogP contribution in [-0.4, -0.2) is 41.8 Å². The van der Waals surface area contributed by atoms with Gasteiger partial charge in [0.15, 0.2) is 5.69 Å². The van der Waals surface area contributed by atoms with Gasteiger partial charge in [0, 0.05) is 36.5 Å². The maximum absolute atomic E-state index is 13.9. The largest absolute Gasteiger partial charge is 0.497 e. The maximum Gasteiger partial charge on any atom is 0.435 e. The smallest absolute Gasteiger partial charge is 0.435 e. The van der Waals surface area contributed by atoms with Crippen LogP contribution < -0.4 is 15.0 Å². The maximum atomic E-state index is 13.9. The van der Waals surface area contributed by atoms with Crippen molar-refractivity contribution >= 4 is 17.5 Å². The van der Waals surface area contributed by atoms with Gasteiger partial charge in [-0.25, -0.2) is 8.78 Å². The Labute approximate surface area is 227 Å². The molecule has 2 unspecified atom stereocenters. The summed E-state index contributed by atoms with van der Waals surface area (Å²) in [6.45, 7) is 1.36. The van der Waals surface area contributed by atoms with Crippen molar-refractivity contribution in [3.8, 4) is 5.75 Å². The topological polar surface area (TPSA) is 76.5 Å². The van der Waals surface area contributed by atoms with Crippen LogP contribution >= 0.6 is 0 Å². The van der Waals surface area contributed by atoms with E-state index in [4.69, 9.17) is 4.74 Å². The zero-order valence-electron chi connectivity index (χ0n) is 22.2. The van der Waals surface area contributed by atoms with Crippen molar-refractivity contribution in [1.29, 1.82) is 0 Å². The SMILES string of the molecule is COc1ccc(N(C)C(=O)C(Cc2cc(F)cc(F)c2)NC(=O)Cn2nc(C(F)(F)F)c3c2CC(C)CC3)cc1. The molecule has 0 bridgehead atoms. The molecule has 0 aliphatic heterocycles. The molecule has 0 spiro atoms. The molecule has 1 N–H and O–H groups in total. The number of benzene rings is 2. The molecular formula is C28H29F5N4O3. The lowest BCUT2D eigenvalue weighted by molar-refractivity contribution is -0.142. The highest BCUT2D eigenvalue weighted by atomic mass is 19.4. The first kappa shape index (κ1) is 29.0. The number of amides is 2. The lowest BCUT2D eigenvalue weighted by Crippen LogP contribution is -2.49. The van der Waals surface area contributed by atoms with Crippen LogP contribution in [0, 0.1) is 17.6 Å². The Hall–Kier alpha value is -3.96. The Kier molecular flexibility index (Phi) is 8.45. The summed E-state index contributed by atoms with van der Waals surface area (Å²) in [6.07, 6.45) is -3.83. The average Bonchev–Trinajstić information content (AvgIpc) is 3.24. The van der Waals surface area contributed by atoms with Crippen LogP contribution in [0.1, 0.15) is 35.9 Å². The quantitative estimate of drug-likeness (QED) is 0.403. The van der Waals surface area contributed by atoms with Crippen LogP contribution in [0.2, 0.25) is 0 Å². The minimum atomic E-state index is -4.67. The highest BCUT2D eigenvalue weighted by Gasteiger charge is 2.40. The second kappa shape index (κ2) is 11.6. The number of likely N-dealkylation sites (N-methyl/N-ethyl adjacent to an activating group) is 1. The van der Waals surface area contributed by atoms with Gasteiger partial charge < -0.3 is 15.0 Å². The molecule has 214 valence electrons. The first-order chi connectivity index (χ1) is 18.8. The summed E-state index contributed by atoms with van der Waals surface area (Å²) in [5.41, 5.74) is -0.0131. The molecule has 2 atom stereocenters. The summed E-state index contributed by atoms with van der Waals surface area (Å²) in [5, 5.41) is 6.27. The number of hydrogen-bond acceptors (Lipinski definition) is 4. The number of carbonyl (C=O) groups is 2. The molecule has 7 nitrogen and oxygen atoms in total. The van der Waals surface area contributed by atoms with E-state index < -0.39 is 47.9 Å². The first-order valence-electron chi connectivity index (χ1n) is 12.7. The van der Waals surface area contributed by atoms with Gasteiger partial charge in [0.05, 0.1) is 7.11 Å². The summed E-state index contributed by atoms with van der Waals surface area (Å²) >= 11 is 0. The predicted molar refractivity (Wildman–Crippen MR) is 137 cm³/mol. The van der Waals surface area contributed by atoms with Crippen molar-refractivity contribution in [2.45, 2.75) is 51.4 Å². The Balaban J connectivity index is 1.60. The van der Waals surface area contributed by atoms with Crippen molar-refractivity contribution in [1.82, 2.24) is 15.1 Å². The van der Waals surface area contributed by atoms with E-state index in [-0.39, 0.29) is 29.9 Å². The average molecular weight is 565 g/mol. The molecule has 1 aliphatic carbocycles. The molecule has 0 radical (unpaired) electrons. The van der Waals surface area contributed by atoms with Crippen LogP contribution in [0.4, 0.5) is 27.6 Å². The summed E-state index contributed by atoms with van der Waals surface area (Å²) < 4.78 is 74.9. The van der Waals surface area contributed by atoms with Crippen molar-refractivity contribution in [3.05, 3.63) is 76.6 Å². The third kappa shape index (κ3) is 6.60. The van der Waals surface area contributed by atoms with Gasteiger partial charge in [-0.3, -0.25) is 14.3 Å². The zero-order valence-corrected chi connectivity index (χ0v) is 22.2. The molecule has 1 heterocycles. The van der Waals surface area contributed by atoms with Crippen LogP contribution in [0.3, 0.4) is 0 Å². The predicted octanol–water partition coefficient (Wildman–Crippen LogP) is 4.70. The van der Waals surface area contributed by atoms with Gasteiger partial charge in [-0.05, 0) is 67.1 Å². The Morgan fingerprint density at radius 1 is 1.15 bits per heavy atom. The van der Waals surface area contributed by atoms with E-state index in [1.807, 2.05) is 6.92 Å². The summed E-state index contributed by atoms with van der Waals surface area (Å²) in [4.78, 5) is 27.9. The number of aromatic nitrogens is 2. The van der Waals surface area contributed by atoms with Gasteiger partial charge in [0.2, 0.25) is 11.8 Å². The van der Waals surface area contributed by atoms with Crippen LogP contribution in [0.15, 0.2) is 42.5 Å². The second-order valence-corrected chi connectivity index (χ2v) is 9.97. The van der Waals surface area contributed by atoms with Gasteiger partial charge in [0.1, 0.15) is 30.0 Å². The summed E-state index contributed by atoms with van der Waals surface area (Å²) in [7, 11) is 2.96. The van der Waals surface area contributed by atoms with Gasteiger partial charge in [-0.2, -0.15) is 18.3 Å². The molecular weight excluding hydrogens is 535 g/mol. The standard InChI is InChI=1S/C28H29F5N4O3/c1-16-4-9-22-24(10-16)37(35-26(22)28(31,32)33)15-25(38)34-23(13-17-11-18(29)14-19(30)12-17)27(39)36(2)20-5-7-21(40-3)8-6-20/h5-8,11-12,14,16,23H,4,9-10,13,15H2,1-3H3,(H,34,38). The molecule has 1 aromatic heterocycles. The molecule has 12 heteroatoms. The molecule has 3 aromatic rings. The number of rotatable bonds is 8. The number of alkyl halides is 3. The van der Waals surface area contributed by atoms with Crippen molar-refractivity contribution in [2.24, 2.45) is 5.92 Å². The normalized spacial score (nSPS) is 15.8. The Morgan fingerprint density at radius 2 is 1.80 bits per heavy atom. The molecule has 1 aliphatic rings. The fourth-order valence-corrected chi connectivity index (χ4v) is 4.91. The lowest BCUT2D eigenvalue weighted by Gasteiger charge is -2.25. The Morgan fingerprint density at radius 3 is 2.40 bits per heavy atom. The van der Waals surface area contributed by atoms with Gasteiger partial charge in [0.25, 0.3) is 0 Å². The highest BCUT2D eigenvalue weighted by molar-refractivity contribution is 5.99. The molecule has 0 fully saturated rings. The number of nitrogens with one attached hydrogen (secondary N) is 1. The second-order valence-electron chi connectivity index (χ2n) is 9.97. The van der Waals surface area contributed by atoms with Gasteiger partial charge >= 0.3 is 6.18 Å². The van der Waals surface area contributed by atoms with E-state index >= 15 is 0 Å². The fourth-order valence-electron chi connectivity index (χ4n) is 4.91. The van der Waals surface area contributed by atoms with E-state index in [0.29, 0.717) is 36.0 Å². The molecule has 2 amide bonds. The fraction of sp³-hybridized carbons (Fsp3) is 0.393. The van der Waals surface area contributed by atoms with Crippen molar-refractivity contribution in [3.63, 3.8) is 0 Å². The van der Waals surface area contributed by atoms with Crippen molar-refractivity contribution in [2.75, 3.05) is 19.1 Å². The number of carbonyl (C=O) groups excluding carboxylic acids is 2. The number of methoxy groups -OCH3 is 1. The van der Waals surface area contributed by atoms with E-state index in [9.17, 15) is 31.5 Å².